The molecule has 0 radical (unpaired) electrons. The summed E-state index contributed by atoms with van der Waals surface area (Å²) in [6.07, 6.45) is 16.2. The van der Waals surface area contributed by atoms with Crippen molar-refractivity contribution < 1.29 is 23.8 Å². The number of ether oxygens (including phenoxy) is 3. The summed E-state index contributed by atoms with van der Waals surface area (Å²) in [4.78, 5) is 25.7. The Hall–Kier alpha value is -4.86. The molecule has 0 aromatic heterocycles. The van der Waals surface area contributed by atoms with Crippen LogP contribution >= 0.6 is 0 Å². The first kappa shape index (κ1) is 51.8. The van der Waals surface area contributed by atoms with Gasteiger partial charge in [0.15, 0.2) is 11.5 Å². The predicted molar refractivity (Wildman–Crippen MR) is 265 cm³/mol. The first-order valence-electron chi connectivity index (χ1n) is 24.4. The van der Waals surface area contributed by atoms with Gasteiger partial charge in [-0.25, -0.2) is 0 Å². The lowest BCUT2D eigenvalue weighted by atomic mass is 9.92. The molecule has 3 aliphatic carbocycles. The Balaban J connectivity index is 0.000000205. The number of hydrogen-bond donors (Lipinski definition) is 3. The van der Waals surface area contributed by atoms with Crippen LogP contribution in [0, 0.1) is 13.8 Å². The number of aryl methyl sites for hydroxylation is 2. The molecule has 9 rings (SSSR count). The molecule has 350 valence electrons. The zero-order chi connectivity index (χ0) is 46.3. The van der Waals surface area contributed by atoms with Crippen molar-refractivity contribution >= 4 is 17.5 Å². The molecule has 2 heterocycles. The van der Waals surface area contributed by atoms with Crippen LogP contribution in [0.5, 0.6) is 17.2 Å². The van der Waals surface area contributed by atoms with Gasteiger partial charge >= 0.3 is 0 Å². The number of para-hydroxylation sites is 1. The molecule has 4 atom stereocenters. The molecule has 5 aliphatic rings. The molecule has 0 bridgehead atoms. The van der Waals surface area contributed by atoms with Crippen LogP contribution < -0.4 is 35.9 Å². The van der Waals surface area contributed by atoms with Gasteiger partial charge in [0, 0.05) is 55.5 Å². The highest BCUT2D eigenvalue weighted by atomic mass is 16.5. The van der Waals surface area contributed by atoms with Crippen molar-refractivity contribution in [2.75, 3.05) is 25.1 Å². The minimum atomic E-state index is 0.156. The molecule has 0 spiro atoms. The summed E-state index contributed by atoms with van der Waals surface area (Å²) in [5.74, 6) is 3.40. The Kier molecular flexibility index (Phi) is 22.8. The first-order valence-corrected chi connectivity index (χ1v) is 24.4. The zero-order valence-electron chi connectivity index (χ0n) is 40.2. The number of carbonyl (C=O) groups is 2. The standard InChI is InChI=1S/C22H25NO3.C16H21NO2.C7H8.C6H14N2.2C2H6/c1-25-20-12-11-16(13-21(20)26-19-9-5-6-10-19)17-14-22(24)23(15-17)18-7-3-2-4-8-18;1-11-6-7-12(13-9-16(18)17-10-13)8-15(11)19-14-4-2-3-5-14;1-7-5-3-2-4-6-7;7-5-3-1-2-4-6(5)8;2*1-2/h2-4,7-8,11-13,17,19H,5-6,9-10,14-15H2,1H3;6-8,13-14H,2-5,9-10H2,1H3,(H,17,18);2-6H,1H3;5-6H,1-4,7-8H2;2*1-2H3/t17-;13-;;5-,6-;;/m00.1../s1. The van der Waals surface area contributed by atoms with E-state index in [1.807, 2.05) is 87.2 Å². The quantitative estimate of drug-likeness (QED) is 0.161. The minimum absolute atomic E-state index is 0.156. The van der Waals surface area contributed by atoms with Gasteiger partial charge in [0.2, 0.25) is 11.8 Å². The van der Waals surface area contributed by atoms with E-state index in [0.29, 0.717) is 31.4 Å². The number of benzene rings is 4. The highest BCUT2D eigenvalue weighted by Gasteiger charge is 2.32. The first-order chi connectivity index (χ1) is 31.2. The van der Waals surface area contributed by atoms with Crippen molar-refractivity contribution in [1.29, 1.82) is 0 Å². The number of nitrogens with one attached hydrogen (secondary N) is 1. The van der Waals surface area contributed by atoms with Gasteiger partial charge in [-0.3, -0.25) is 9.59 Å². The van der Waals surface area contributed by atoms with E-state index in [4.69, 9.17) is 25.7 Å². The third kappa shape index (κ3) is 16.3. The van der Waals surface area contributed by atoms with E-state index in [1.165, 1.54) is 68.1 Å². The van der Waals surface area contributed by atoms with E-state index in [1.54, 1.807) is 7.11 Å². The molecule has 64 heavy (non-hydrogen) atoms. The summed E-state index contributed by atoms with van der Waals surface area (Å²) >= 11 is 0. The number of amides is 2. The lowest BCUT2D eigenvalue weighted by Crippen LogP contribution is -2.43. The van der Waals surface area contributed by atoms with Crippen LogP contribution in [0.3, 0.4) is 0 Å². The van der Waals surface area contributed by atoms with Crippen LogP contribution in [-0.2, 0) is 9.59 Å². The summed E-state index contributed by atoms with van der Waals surface area (Å²) in [7, 11) is 1.67. The molecule has 2 aliphatic heterocycles. The van der Waals surface area contributed by atoms with Gasteiger partial charge in [0.1, 0.15) is 5.75 Å². The van der Waals surface area contributed by atoms with Crippen LogP contribution in [0.2, 0.25) is 0 Å². The van der Waals surface area contributed by atoms with Crippen LogP contribution in [0.4, 0.5) is 5.69 Å². The van der Waals surface area contributed by atoms with Gasteiger partial charge in [-0.2, -0.15) is 0 Å². The summed E-state index contributed by atoms with van der Waals surface area (Å²) in [6, 6.07) is 33.2. The fourth-order valence-electron chi connectivity index (χ4n) is 8.76. The second-order valence-corrected chi connectivity index (χ2v) is 17.2. The summed E-state index contributed by atoms with van der Waals surface area (Å²) in [6.45, 7) is 13.6. The van der Waals surface area contributed by atoms with E-state index < -0.39 is 0 Å². The molecule has 5 fully saturated rings. The molecule has 9 heteroatoms. The number of rotatable bonds is 8. The fraction of sp³-hybridized carbons (Fsp3) is 0.527. The third-order valence-corrected chi connectivity index (χ3v) is 12.5. The second kappa shape index (κ2) is 28.1. The van der Waals surface area contributed by atoms with E-state index in [0.717, 1.165) is 60.7 Å². The monoisotopic (exact) mass is 877 g/mol. The van der Waals surface area contributed by atoms with Crippen molar-refractivity contribution in [2.24, 2.45) is 11.5 Å². The average Bonchev–Trinajstić information content (AvgIpc) is 4.19. The topological polar surface area (TPSA) is 129 Å². The van der Waals surface area contributed by atoms with Crippen LogP contribution in [-0.4, -0.2) is 56.3 Å². The van der Waals surface area contributed by atoms with Gasteiger partial charge in [-0.05, 0) is 125 Å². The van der Waals surface area contributed by atoms with E-state index in [9.17, 15) is 9.59 Å². The number of nitrogens with two attached hydrogens (primary N) is 2. The maximum atomic E-state index is 12.5. The zero-order valence-corrected chi connectivity index (χ0v) is 40.2. The van der Waals surface area contributed by atoms with Crippen molar-refractivity contribution in [2.45, 2.75) is 168 Å². The Labute approximate surface area is 386 Å². The third-order valence-electron chi connectivity index (χ3n) is 12.5. The highest BCUT2D eigenvalue weighted by molar-refractivity contribution is 5.96. The Morgan fingerprint density at radius 3 is 1.58 bits per heavy atom. The van der Waals surface area contributed by atoms with Gasteiger partial charge < -0.3 is 35.9 Å². The molecule has 2 saturated heterocycles. The molecule has 4 aromatic rings. The van der Waals surface area contributed by atoms with Crippen molar-refractivity contribution in [1.82, 2.24) is 5.32 Å². The number of nitrogens with zero attached hydrogens (tertiary/aromatic N) is 1. The Bertz CT molecular complexity index is 1920. The second-order valence-electron chi connectivity index (χ2n) is 17.2. The van der Waals surface area contributed by atoms with E-state index >= 15 is 0 Å². The normalized spacial score (nSPS) is 21.5. The molecule has 4 aromatic carbocycles. The molecule has 2 amide bonds. The van der Waals surface area contributed by atoms with E-state index in [-0.39, 0.29) is 35.9 Å². The SMILES string of the molecule is CC.CC.COc1ccc([C@H]2CC(=O)N(c3ccccc3)C2)cc1OC1CCCC1.Cc1ccc([C@@H]2CNC(=O)C2)cc1OC1CCCC1.Cc1ccccc1.N[C@@H]1CCCC[C@H]1N. The van der Waals surface area contributed by atoms with Gasteiger partial charge in [-0.1, -0.05) is 113 Å². The van der Waals surface area contributed by atoms with Gasteiger partial charge in [0.25, 0.3) is 0 Å². The lowest BCUT2D eigenvalue weighted by molar-refractivity contribution is -0.119. The summed E-state index contributed by atoms with van der Waals surface area (Å²) in [5.41, 5.74) is 17.1. The summed E-state index contributed by atoms with van der Waals surface area (Å²) in [5, 5.41) is 2.90. The Morgan fingerprint density at radius 2 is 1.08 bits per heavy atom. The minimum Gasteiger partial charge on any atom is -0.493 e. The fourth-order valence-corrected chi connectivity index (χ4v) is 8.76. The summed E-state index contributed by atoms with van der Waals surface area (Å²) < 4.78 is 17.8. The maximum Gasteiger partial charge on any atom is 0.227 e. The number of methoxy groups -OCH3 is 1. The predicted octanol–water partition coefficient (Wildman–Crippen LogP) is 11.7. The lowest BCUT2D eigenvalue weighted by Gasteiger charge is -2.24. The number of hydrogen-bond acceptors (Lipinski definition) is 7. The number of carbonyl (C=O) groups excluding carboxylic acids is 2. The molecule has 5 N–H and O–H groups in total. The van der Waals surface area contributed by atoms with Gasteiger partial charge in [-0.15, -0.1) is 0 Å². The van der Waals surface area contributed by atoms with Crippen LogP contribution in [0.15, 0.2) is 97.1 Å². The molecule has 3 saturated carbocycles. The van der Waals surface area contributed by atoms with Crippen molar-refractivity contribution in [3.05, 3.63) is 119 Å². The van der Waals surface area contributed by atoms with Crippen LogP contribution in [0.1, 0.15) is 152 Å². The molecule has 9 nitrogen and oxygen atoms in total. The largest absolute Gasteiger partial charge is 0.493 e. The van der Waals surface area contributed by atoms with Crippen molar-refractivity contribution in [3.8, 4) is 17.2 Å². The maximum absolute atomic E-state index is 12.5. The molecular formula is C55H80N4O5. The van der Waals surface area contributed by atoms with Gasteiger partial charge in [0.05, 0.1) is 19.3 Å². The highest BCUT2D eigenvalue weighted by Crippen LogP contribution is 2.38. The number of anilines is 1. The molecule has 0 unspecified atom stereocenters. The Morgan fingerprint density at radius 1 is 0.578 bits per heavy atom. The smallest absolute Gasteiger partial charge is 0.227 e. The van der Waals surface area contributed by atoms with Crippen molar-refractivity contribution in [3.63, 3.8) is 0 Å². The molecular weight excluding hydrogens is 797 g/mol. The average molecular weight is 877 g/mol. The van der Waals surface area contributed by atoms with E-state index in [2.05, 4.69) is 61.6 Å². The van der Waals surface area contributed by atoms with Crippen LogP contribution in [0.25, 0.3) is 0 Å².